The van der Waals surface area contributed by atoms with Gasteiger partial charge >= 0.3 is 0 Å². The molecule has 8 heteroatoms. The lowest BCUT2D eigenvalue weighted by Gasteiger charge is -2.10. The van der Waals surface area contributed by atoms with Gasteiger partial charge in [-0.25, -0.2) is 17.6 Å². The number of aromatic nitrogens is 1. The smallest absolute Gasteiger partial charge is 0.257 e. The Bertz CT molecular complexity index is 961. The summed E-state index contributed by atoms with van der Waals surface area (Å²) in [7, 11) is 0. The number of benzene rings is 2. The third-order valence-corrected chi connectivity index (χ3v) is 3.42. The van der Waals surface area contributed by atoms with Gasteiger partial charge in [-0.1, -0.05) is 0 Å². The molecule has 2 N–H and O–H groups in total. The number of rotatable bonds is 4. The predicted molar refractivity (Wildman–Crippen MR) is 88.2 cm³/mol. The third-order valence-electron chi connectivity index (χ3n) is 3.42. The number of amides is 1. The summed E-state index contributed by atoms with van der Waals surface area (Å²) in [5.74, 6) is -5.26. The highest BCUT2D eigenvalue weighted by atomic mass is 19.2. The van der Waals surface area contributed by atoms with Gasteiger partial charge in [0, 0.05) is 11.9 Å². The van der Waals surface area contributed by atoms with E-state index in [0.29, 0.717) is 5.69 Å². The Kier molecular flexibility index (Phi) is 4.83. The van der Waals surface area contributed by atoms with Gasteiger partial charge in [0.05, 0.1) is 23.1 Å². The maximum absolute atomic E-state index is 13.7. The van der Waals surface area contributed by atoms with E-state index in [1.165, 1.54) is 42.7 Å². The number of hydrogen-bond acceptors (Lipinski definition) is 3. The van der Waals surface area contributed by atoms with Crippen LogP contribution in [0.15, 0.2) is 54.9 Å². The van der Waals surface area contributed by atoms with Crippen LogP contribution in [0.1, 0.15) is 10.4 Å². The van der Waals surface area contributed by atoms with Crippen LogP contribution in [0.3, 0.4) is 0 Å². The topological polar surface area (TPSA) is 54.0 Å². The summed E-state index contributed by atoms with van der Waals surface area (Å²) in [5, 5.41) is 5.08. The molecule has 0 aliphatic heterocycles. The van der Waals surface area contributed by atoms with E-state index in [1.807, 2.05) is 0 Å². The molecule has 3 aromatic rings. The average molecular weight is 361 g/mol. The largest absolute Gasteiger partial charge is 0.352 e. The zero-order valence-electron chi connectivity index (χ0n) is 13.1. The molecule has 0 unspecified atom stereocenters. The van der Waals surface area contributed by atoms with E-state index in [-0.39, 0.29) is 16.9 Å². The quantitative estimate of drug-likeness (QED) is 0.526. The fourth-order valence-electron chi connectivity index (χ4n) is 2.15. The molecule has 0 spiro atoms. The van der Waals surface area contributed by atoms with Gasteiger partial charge < -0.3 is 10.6 Å². The normalized spacial score (nSPS) is 10.5. The lowest BCUT2D eigenvalue weighted by Crippen LogP contribution is -2.12. The summed E-state index contributed by atoms with van der Waals surface area (Å²) in [5.41, 5.74) is 0.396. The summed E-state index contributed by atoms with van der Waals surface area (Å²) >= 11 is 0. The minimum Gasteiger partial charge on any atom is -0.352 e. The Morgan fingerprint density at radius 3 is 2.31 bits per heavy atom. The van der Waals surface area contributed by atoms with Crippen LogP contribution in [0.2, 0.25) is 0 Å². The molecule has 0 bridgehead atoms. The molecular formula is C18H11F4N3O. The van der Waals surface area contributed by atoms with Crippen molar-refractivity contribution in [1.29, 1.82) is 0 Å². The second-order valence-corrected chi connectivity index (χ2v) is 5.27. The third kappa shape index (κ3) is 3.80. The number of pyridine rings is 1. The van der Waals surface area contributed by atoms with Crippen LogP contribution in [-0.4, -0.2) is 10.9 Å². The molecule has 2 aromatic carbocycles. The van der Waals surface area contributed by atoms with Gasteiger partial charge in [-0.15, -0.1) is 0 Å². The van der Waals surface area contributed by atoms with Crippen molar-refractivity contribution in [1.82, 2.24) is 4.98 Å². The number of hydrogen-bond donors (Lipinski definition) is 2. The number of nitrogens with zero attached hydrogens (tertiary/aromatic N) is 1. The average Bonchev–Trinajstić information content (AvgIpc) is 2.64. The lowest BCUT2D eigenvalue weighted by atomic mass is 10.2. The molecule has 0 radical (unpaired) electrons. The number of carbonyl (C=O) groups is 1. The second kappa shape index (κ2) is 7.22. The van der Waals surface area contributed by atoms with E-state index < -0.39 is 29.2 Å². The van der Waals surface area contributed by atoms with Crippen molar-refractivity contribution in [2.45, 2.75) is 0 Å². The van der Waals surface area contributed by atoms with Crippen LogP contribution >= 0.6 is 0 Å². The van der Waals surface area contributed by atoms with Crippen LogP contribution in [0, 0.1) is 23.3 Å². The first-order valence-corrected chi connectivity index (χ1v) is 7.36. The summed E-state index contributed by atoms with van der Waals surface area (Å²) < 4.78 is 52.8. The van der Waals surface area contributed by atoms with Gasteiger partial charge in [0.2, 0.25) is 0 Å². The van der Waals surface area contributed by atoms with Gasteiger partial charge in [0.1, 0.15) is 5.82 Å². The highest BCUT2D eigenvalue weighted by Crippen LogP contribution is 2.23. The van der Waals surface area contributed by atoms with Crippen molar-refractivity contribution < 1.29 is 22.4 Å². The van der Waals surface area contributed by atoms with E-state index in [1.54, 1.807) is 0 Å². The molecule has 0 atom stereocenters. The van der Waals surface area contributed by atoms with E-state index in [4.69, 9.17) is 0 Å². The van der Waals surface area contributed by atoms with Gasteiger partial charge in [0.15, 0.2) is 17.5 Å². The first-order chi connectivity index (χ1) is 12.4. The van der Waals surface area contributed by atoms with Crippen LogP contribution in [0.5, 0.6) is 0 Å². The Morgan fingerprint density at radius 2 is 1.58 bits per heavy atom. The first kappa shape index (κ1) is 17.4. The second-order valence-electron chi connectivity index (χ2n) is 5.27. The summed E-state index contributed by atoms with van der Waals surface area (Å²) in [4.78, 5) is 16.1. The molecule has 26 heavy (non-hydrogen) atoms. The fourth-order valence-corrected chi connectivity index (χ4v) is 2.15. The van der Waals surface area contributed by atoms with Gasteiger partial charge in [-0.05, 0) is 42.5 Å². The van der Waals surface area contributed by atoms with Crippen LogP contribution in [0.25, 0.3) is 0 Å². The van der Waals surface area contributed by atoms with Crippen molar-refractivity contribution in [2.24, 2.45) is 0 Å². The molecule has 0 fully saturated rings. The Morgan fingerprint density at radius 1 is 0.846 bits per heavy atom. The number of anilines is 3. The van der Waals surface area contributed by atoms with Crippen LogP contribution in [0.4, 0.5) is 34.6 Å². The first-order valence-electron chi connectivity index (χ1n) is 7.36. The zero-order valence-corrected chi connectivity index (χ0v) is 13.1. The Labute approximate surface area is 145 Å². The minimum absolute atomic E-state index is 0.127. The van der Waals surface area contributed by atoms with Crippen molar-refractivity contribution in [3.8, 4) is 0 Å². The van der Waals surface area contributed by atoms with E-state index in [9.17, 15) is 22.4 Å². The summed E-state index contributed by atoms with van der Waals surface area (Å²) in [6.07, 6.45) is 2.56. The maximum atomic E-state index is 13.7. The number of carbonyl (C=O) groups excluding carboxylic acids is 1. The molecular weight excluding hydrogens is 350 g/mol. The SMILES string of the molecule is O=C(Nc1ccc(F)cc1)c1cncc(Nc2ccc(F)c(F)c2F)c1. The van der Waals surface area contributed by atoms with Crippen molar-refractivity contribution in [3.63, 3.8) is 0 Å². The molecule has 0 saturated heterocycles. The van der Waals surface area contributed by atoms with E-state index in [2.05, 4.69) is 15.6 Å². The molecule has 1 heterocycles. The van der Waals surface area contributed by atoms with E-state index >= 15 is 0 Å². The van der Waals surface area contributed by atoms with Crippen molar-refractivity contribution in [3.05, 3.63) is 83.7 Å². The van der Waals surface area contributed by atoms with Crippen molar-refractivity contribution >= 4 is 23.0 Å². The van der Waals surface area contributed by atoms with Gasteiger partial charge in [-0.3, -0.25) is 9.78 Å². The lowest BCUT2D eigenvalue weighted by molar-refractivity contribution is 0.102. The van der Waals surface area contributed by atoms with E-state index in [0.717, 1.165) is 12.1 Å². The van der Waals surface area contributed by atoms with Gasteiger partial charge in [-0.2, -0.15) is 0 Å². The van der Waals surface area contributed by atoms with Crippen molar-refractivity contribution in [2.75, 3.05) is 10.6 Å². The molecule has 0 aliphatic carbocycles. The highest BCUT2D eigenvalue weighted by molar-refractivity contribution is 6.04. The van der Waals surface area contributed by atoms with Crippen LogP contribution in [-0.2, 0) is 0 Å². The molecule has 1 aromatic heterocycles. The molecule has 4 nitrogen and oxygen atoms in total. The minimum atomic E-state index is -1.60. The standard InChI is InChI=1S/C18H11F4N3O/c19-11-1-3-12(4-2-11)25-18(26)10-7-13(9-23-8-10)24-15-6-5-14(20)16(21)17(15)22/h1-9,24H,(H,25,26). The van der Waals surface area contributed by atoms with Gasteiger partial charge in [0.25, 0.3) is 5.91 Å². The van der Waals surface area contributed by atoms with Crippen LogP contribution < -0.4 is 10.6 Å². The zero-order chi connectivity index (χ0) is 18.7. The molecule has 0 aliphatic rings. The fraction of sp³-hybridized carbons (Fsp3) is 0. The molecule has 1 amide bonds. The Balaban J connectivity index is 1.79. The summed E-state index contributed by atoms with van der Waals surface area (Å²) in [6.45, 7) is 0. The predicted octanol–water partition coefficient (Wildman–Crippen LogP) is 4.63. The summed E-state index contributed by atoms with van der Waals surface area (Å²) in [6, 6.07) is 8.32. The number of nitrogens with one attached hydrogen (secondary N) is 2. The monoisotopic (exact) mass is 361 g/mol. The maximum Gasteiger partial charge on any atom is 0.257 e. The number of halogens is 4. The Hall–Kier alpha value is -3.42. The molecule has 0 saturated carbocycles. The highest BCUT2D eigenvalue weighted by Gasteiger charge is 2.14. The molecule has 132 valence electrons. The molecule has 3 rings (SSSR count).